The highest BCUT2D eigenvalue weighted by Crippen LogP contribution is 2.35. The van der Waals surface area contributed by atoms with Gasteiger partial charge in [-0.25, -0.2) is 9.59 Å². The maximum atomic E-state index is 12.7. The zero-order valence-corrected chi connectivity index (χ0v) is 23.1. The van der Waals surface area contributed by atoms with Crippen molar-refractivity contribution in [3.63, 3.8) is 0 Å². The highest BCUT2D eigenvalue weighted by Gasteiger charge is 2.22. The molecule has 4 aromatic carbocycles. The summed E-state index contributed by atoms with van der Waals surface area (Å²) in [4.78, 5) is 25.4. The molecule has 3 N–H and O–H groups in total. The predicted molar refractivity (Wildman–Crippen MR) is 155 cm³/mol. The Balaban J connectivity index is 1.61. The van der Waals surface area contributed by atoms with E-state index in [9.17, 15) is 14.7 Å². The van der Waals surface area contributed by atoms with E-state index in [4.69, 9.17) is 37.4 Å². The molecule has 0 saturated heterocycles. The van der Waals surface area contributed by atoms with Crippen LogP contribution in [0.5, 0.6) is 11.5 Å². The van der Waals surface area contributed by atoms with Gasteiger partial charge in [0.1, 0.15) is 23.2 Å². The Hall–Kier alpha value is -4.24. The van der Waals surface area contributed by atoms with Crippen molar-refractivity contribution in [1.29, 1.82) is 0 Å². The fraction of sp³-hybridized carbons (Fsp3) is 0.133. The molecule has 0 aromatic heterocycles. The van der Waals surface area contributed by atoms with Crippen LogP contribution >= 0.6 is 23.2 Å². The van der Waals surface area contributed by atoms with E-state index < -0.39 is 18.1 Å². The molecule has 10 heteroatoms. The zero-order chi connectivity index (χ0) is 28.6. The summed E-state index contributed by atoms with van der Waals surface area (Å²) in [6.45, 7) is -0.254. The Morgan fingerprint density at radius 2 is 1.48 bits per heavy atom. The number of halogens is 2. The van der Waals surface area contributed by atoms with Crippen LogP contribution in [0.4, 0.5) is 16.2 Å². The Morgan fingerprint density at radius 1 is 0.800 bits per heavy atom. The molecule has 4 aromatic rings. The van der Waals surface area contributed by atoms with Crippen LogP contribution in [-0.4, -0.2) is 31.3 Å². The highest BCUT2D eigenvalue weighted by atomic mass is 35.5. The molecule has 0 spiro atoms. The third kappa shape index (κ3) is 6.84. The number of rotatable bonds is 9. The molecular formula is C30H26Cl2N2O6. The summed E-state index contributed by atoms with van der Waals surface area (Å²) in [5, 5.41) is 15.7. The average molecular weight is 581 g/mol. The molecule has 0 radical (unpaired) electrons. The van der Waals surface area contributed by atoms with E-state index >= 15 is 0 Å². The Kier molecular flexibility index (Phi) is 9.50. The molecule has 0 aliphatic heterocycles. The molecule has 2 amide bonds. The van der Waals surface area contributed by atoms with E-state index in [-0.39, 0.29) is 17.9 Å². The van der Waals surface area contributed by atoms with Crippen molar-refractivity contribution < 1.29 is 28.9 Å². The van der Waals surface area contributed by atoms with Crippen LogP contribution in [0.25, 0.3) is 0 Å². The van der Waals surface area contributed by atoms with E-state index in [1.807, 2.05) is 30.3 Å². The van der Waals surface area contributed by atoms with Gasteiger partial charge in [0.25, 0.3) is 0 Å². The molecule has 0 aliphatic rings. The van der Waals surface area contributed by atoms with E-state index in [1.54, 1.807) is 48.5 Å². The molecular weight excluding hydrogens is 555 g/mol. The van der Waals surface area contributed by atoms with Crippen molar-refractivity contribution in [2.24, 2.45) is 0 Å². The van der Waals surface area contributed by atoms with Crippen molar-refractivity contribution >= 4 is 46.6 Å². The molecule has 0 heterocycles. The second-order valence-corrected chi connectivity index (χ2v) is 9.36. The number of carbonyl (C=O) groups excluding carboxylic acids is 2. The monoisotopic (exact) mass is 580 g/mol. The lowest BCUT2D eigenvalue weighted by Crippen LogP contribution is -2.20. The van der Waals surface area contributed by atoms with Crippen molar-refractivity contribution in [2.45, 2.75) is 12.7 Å². The molecule has 0 bridgehead atoms. The van der Waals surface area contributed by atoms with Crippen molar-refractivity contribution in [3.8, 4) is 11.5 Å². The van der Waals surface area contributed by atoms with Crippen molar-refractivity contribution in [3.05, 3.63) is 117 Å². The van der Waals surface area contributed by atoms with Gasteiger partial charge in [0.05, 0.1) is 30.9 Å². The molecule has 0 fully saturated rings. The van der Waals surface area contributed by atoms with Crippen molar-refractivity contribution in [1.82, 2.24) is 0 Å². The van der Waals surface area contributed by atoms with Gasteiger partial charge in [-0.15, -0.1) is 0 Å². The Morgan fingerprint density at radius 3 is 2.10 bits per heavy atom. The summed E-state index contributed by atoms with van der Waals surface area (Å²) in [5.74, 6) is 0.0877. The first-order chi connectivity index (χ1) is 19.3. The first kappa shape index (κ1) is 28.8. The van der Waals surface area contributed by atoms with Gasteiger partial charge in [-0.3, -0.25) is 0 Å². The number of hydrogen-bond donors (Lipinski definition) is 3. The third-order valence-electron chi connectivity index (χ3n) is 5.94. The maximum absolute atomic E-state index is 12.7. The average Bonchev–Trinajstić information content (AvgIpc) is 2.97. The minimum absolute atomic E-state index is 0.105. The lowest BCUT2D eigenvalue weighted by Gasteiger charge is -2.22. The lowest BCUT2D eigenvalue weighted by atomic mass is 10.0. The summed E-state index contributed by atoms with van der Waals surface area (Å²) in [7, 11) is 2.75. The van der Waals surface area contributed by atoms with E-state index in [0.29, 0.717) is 32.7 Å². The normalized spacial score (nSPS) is 11.3. The fourth-order valence-electron chi connectivity index (χ4n) is 4.01. The summed E-state index contributed by atoms with van der Waals surface area (Å²) < 4.78 is 16.5. The number of amides is 2. The number of nitrogens with one attached hydrogen (secondary N) is 2. The quantitative estimate of drug-likeness (QED) is 0.182. The van der Waals surface area contributed by atoms with Crippen LogP contribution in [-0.2, 0) is 11.3 Å². The fourth-order valence-corrected chi connectivity index (χ4v) is 4.32. The lowest BCUT2D eigenvalue weighted by molar-refractivity contribution is 0.0594. The number of carbonyl (C=O) groups is 2. The van der Waals surface area contributed by atoms with E-state index in [1.165, 1.54) is 20.3 Å². The molecule has 4 rings (SSSR count). The van der Waals surface area contributed by atoms with Gasteiger partial charge in [-0.1, -0.05) is 59.6 Å². The number of esters is 1. The highest BCUT2D eigenvalue weighted by molar-refractivity contribution is 6.42. The number of methoxy groups -OCH3 is 2. The maximum Gasteiger partial charge on any atom is 0.341 e. The number of benzene rings is 4. The number of ether oxygens (including phenoxy) is 3. The van der Waals surface area contributed by atoms with Gasteiger partial charge >= 0.3 is 12.0 Å². The van der Waals surface area contributed by atoms with Crippen LogP contribution in [0.2, 0.25) is 10.0 Å². The largest absolute Gasteiger partial charge is 0.496 e. The Labute approximate surface area is 241 Å². The second kappa shape index (κ2) is 13.2. The van der Waals surface area contributed by atoms with E-state index in [0.717, 1.165) is 11.1 Å². The molecule has 40 heavy (non-hydrogen) atoms. The predicted octanol–water partition coefficient (Wildman–Crippen LogP) is 7.09. The molecule has 0 saturated carbocycles. The molecule has 8 nitrogen and oxygen atoms in total. The topological polar surface area (TPSA) is 106 Å². The number of aliphatic hydroxyl groups is 1. The first-order valence-corrected chi connectivity index (χ1v) is 12.8. The third-order valence-corrected chi connectivity index (χ3v) is 6.68. The number of anilines is 2. The minimum Gasteiger partial charge on any atom is -0.496 e. The van der Waals surface area contributed by atoms with Gasteiger partial charge in [0.2, 0.25) is 0 Å². The second-order valence-electron chi connectivity index (χ2n) is 8.55. The summed E-state index contributed by atoms with van der Waals surface area (Å²) in [6.07, 6.45) is -0.628. The minimum atomic E-state index is -0.650. The van der Waals surface area contributed by atoms with Crippen molar-refractivity contribution in [2.75, 3.05) is 24.9 Å². The molecule has 0 aliphatic carbocycles. The van der Waals surface area contributed by atoms with Gasteiger partial charge in [-0.05, 0) is 59.7 Å². The van der Waals surface area contributed by atoms with E-state index in [2.05, 4.69) is 10.6 Å². The smallest absolute Gasteiger partial charge is 0.341 e. The zero-order valence-electron chi connectivity index (χ0n) is 21.6. The summed E-state index contributed by atoms with van der Waals surface area (Å²) in [5.41, 5.74) is 2.94. The summed E-state index contributed by atoms with van der Waals surface area (Å²) >= 11 is 12.4. The van der Waals surface area contributed by atoms with Crippen LogP contribution in [0.1, 0.15) is 33.2 Å². The molecule has 1 unspecified atom stereocenters. The summed E-state index contributed by atoms with van der Waals surface area (Å²) in [6, 6.07) is 23.6. The number of aliphatic hydroxyl groups excluding tert-OH is 1. The first-order valence-electron chi connectivity index (χ1n) is 12.1. The van der Waals surface area contributed by atoms with Crippen LogP contribution in [0.3, 0.4) is 0 Å². The number of urea groups is 1. The van der Waals surface area contributed by atoms with Gasteiger partial charge < -0.3 is 30.0 Å². The standard InChI is InChI=1S/C30H26Cl2N2O6/c1-38-26-12-9-21(14-20(26)17-35)33-30(37)34-22-10-13-27(23(16-22)29(36)39-2)40-28(18-6-4-3-5-7-18)19-8-11-24(31)25(32)15-19/h3-16,28,35H,17H2,1-2H3,(H2,33,34,37). The number of hydrogen-bond acceptors (Lipinski definition) is 6. The molecule has 1 atom stereocenters. The SMILES string of the molecule is COC(=O)c1cc(NC(=O)Nc2ccc(OC)c(CO)c2)ccc1OC(c1ccccc1)c1ccc(Cl)c(Cl)c1. The van der Waals surface area contributed by atoms with Crippen LogP contribution in [0.15, 0.2) is 84.9 Å². The molecule has 206 valence electrons. The van der Waals surface area contributed by atoms with Gasteiger partial charge in [0.15, 0.2) is 0 Å². The van der Waals surface area contributed by atoms with Crippen LogP contribution < -0.4 is 20.1 Å². The van der Waals surface area contributed by atoms with Gasteiger partial charge in [0, 0.05) is 16.9 Å². The van der Waals surface area contributed by atoms with Gasteiger partial charge in [-0.2, -0.15) is 0 Å². The Bertz CT molecular complexity index is 1510. The van der Waals surface area contributed by atoms with Crippen LogP contribution in [0, 0.1) is 0 Å².